The molecule has 4 rings (SSSR count). The van der Waals surface area contributed by atoms with Crippen molar-refractivity contribution in [1.82, 2.24) is 9.88 Å². The molecule has 2 aromatic rings. The molecule has 0 spiro atoms. The second-order valence-electron chi connectivity index (χ2n) is 8.23. The maximum atomic E-state index is 12.2. The molecule has 1 aromatic carbocycles. The van der Waals surface area contributed by atoms with Crippen LogP contribution in [0.15, 0.2) is 48.8 Å². The van der Waals surface area contributed by atoms with Gasteiger partial charge in [-0.25, -0.2) is 0 Å². The van der Waals surface area contributed by atoms with Gasteiger partial charge in [-0.2, -0.15) is 0 Å². The Bertz CT molecular complexity index is 880. The highest BCUT2D eigenvalue weighted by atomic mass is 16.1. The number of amides is 1. The zero-order valence-electron chi connectivity index (χ0n) is 17.3. The van der Waals surface area contributed by atoms with Crippen molar-refractivity contribution in [3.8, 4) is 0 Å². The van der Waals surface area contributed by atoms with E-state index in [-0.39, 0.29) is 5.91 Å². The molecule has 2 unspecified atom stereocenters. The van der Waals surface area contributed by atoms with Crippen molar-refractivity contribution in [2.75, 3.05) is 29.9 Å². The average Bonchev–Trinajstić information content (AvgIpc) is 3.36. The first-order valence-electron chi connectivity index (χ1n) is 10.6. The van der Waals surface area contributed by atoms with Crippen molar-refractivity contribution < 1.29 is 4.79 Å². The Morgan fingerprint density at radius 3 is 2.86 bits per heavy atom. The summed E-state index contributed by atoms with van der Waals surface area (Å²) in [5.74, 6) is -0.134. The number of likely N-dealkylation sites (tertiary alicyclic amines) is 1. The lowest BCUT2D eigenvalue weighted by atomic mass is 10.1. The number of hydrogen-bond donors (Lipinski definition) is 1. The number of anilines is 2. The molecule has 5 nitrogen and oxygen atoms in total. The minimum atomic E-state index is -0.134. The Balaban J connectivity index is 1.37. The quantitative estimate of drug-likeness (QED) is 0.781. The van der Waals surface area contributed by atoms with Crippen LogP contribution in [-0.2, 0) is 4.79 Å². The molecule has 152 valence electrons. The molecule has 0 radical (unpaired) electrons. The molecule has 2 atom stereocenters. The molecule has 1 N–H and O–H groups in total. The van der Waals surface area contributed by atoms with E-state index in [1.54, 1.807) is 24.5 Å². The highest BCUT2D eigenvalue weighted by molar-refractivity contribution is 6.02. The molecule has 2 aliphatic rings. The third kappa shape index (κ3) is 4.67. The minimum Gasteiger partial charge on any atom is -0.370 e. The van der Waals surface area contributed by atoms with Gasteiger partial charge >= 0.3 is 0 Å². The Morgan fingerprint density at radius 2 is 2.14 bits per heavy atom. The third-order valence-corrected chi connectivity index (χ3v) is 6.15. The molecular formula is C24H30N4O. The second kappa shape index (κ2) is 8.78. The van der Waals surface area contributed by atoms with Crippen LogP contribution in [0.2, 0.25) is 0 Å². The number of nitrogens with zero attached hydrogens (tertiary/aromatic N) is 3. The standard InChI is InChI=1S/C24H30N4O/c1-18-15-21(26-24(29)10-7-20-6-3-12-25-16-20)8-9-23(18)27-14-11-22(17-27)28-13-4-5-19(28)2/h3,6-10,12,15-16,19,22H,4-5,11,13-14,17H2,1-2H3,(H,26,29). The van der Waals surface area contributed by atoms with Crippen molar-refractivity contribution in [3.63, 3.8) is 0 Å². The number of aryl methyl sites for hydroxylation is 1. The van der Waals surface area contributed by atoms with Crippen molar-refractivity contribution in [3.05, 3.63) is 59.9 Å². The maximum Gasteiger partial charge on any atom is 0.248 e. The van der Waals surface area contributed by atoms with E-state index in [0.717, 1.165) is 30.4 Å². The van der Waals surface area contributed by atoms with Crippen LogP contribution in [0.3, 0.4) is 0 Å². The zero-order valence-corrected chi connectivity index (χ0v) is 17.3. The number of hydrogen-bond acceptors (Lipinski definition) is 4. The monoisotopic (exact) mass is 390 g/mol. The first kappa shape index (κ1) is 19.6. The highest BCUT2D eigenvalue weighted by Crippen LogP contribution is 2.31. The number of aromatic nitrogens is 1. The van der Waals surface area contributed by atoms with Gasteiger partial charge in [-0.1, -0.05) is 6.07 Å². The average molecular weight is 391 g/mol. The molecule has 3 heterocycles. The van der Waals surface area contributed by atoms with E-state index in [2.05, 4.69) is 46.1 Å². The Hall–Kier alpha value is -2.66. The fraction of sp³-hybridized carbons (Fsp3) is 0.417. The molecular weight excluding hydrogens is 360 g/mol. The van der Waals surface area contributed by atoms with Gasteiger partial charge in [0.2, 0.25) is 5.91 Å². The van der Waals surface area contributed by atoms with Crippen LogP contribution in [0.25, 0.3) is 6.08 Å². The van der Waals surface area contributed by atoms with Crippen molar-refractivity contribution in [1.29, 1.82) is 0 Å². The molecule has 0 bridgehead atoms. The largest absolute Gasteiger partial charge is 0.370 e. The van der Waals surface area contributed by atoms with Crippen LogP contribution in [0.1, 0.15) is 37.3 Å². The van der Waals surface area contributed by atoms with Gasteiger partial charge in [0.1, 0.15) is 0 Å². The van der Waals surface area contributed by atoms with Crippen molar-refractivity contribution >= 4 is 23.4 Å². The molecule has 5 heteroatoms. The van der Waals surface area contributed by atoms with E-state index >= 15 is 0 Å². The van der Waals surface area contributed by atoms with Gasteiger partial charge in [-0.05, 0) is 81.1 Å². The minimum absolute atomic E-state index is 0.134. The molecule has 1 aromatic heterocycles. The molecule has 29 heavy (non-hydrogen) atoms. The molecule has 2 fully saturated rings. The molecule has 2 saturated heterocycles. The van der Waals surface area contributed by atoms with Gasteiger partial charge in [0, 0.05) is 55.0 Å². The first-order chi connectivity index (χ1) is 14.1. The third-order valence-electron chi connectivity index (χ3n) is 6.15. The number of carbonyl (C=O) groups is 1. The smallest absolute Gasteiger partial charge is 0.248 e. The topological polar surface area (TPSA) is 48.5 Å². The van der Waals surface area contributed by atoms with Gasteiger partial charge in [-0.3, -0.25) is 14.7 Å². The lowest BCUT2D eigenvalue weighted by Crippen LogP contribution is -2.39. The van der Waals surface area contributed by atoms with E-state index in [0.29, 0.717) is 6.04 Å². The van der Waals surface area contributed by atoms with Gasteiger partial charge < -0.3 is 10.2 Å². The van der Waals surface area contributed by atoms with Crippen molar-refractivity contribution in [2.24, 2.45) is 0 Å². The van der Waals surface area contributed by atoms with Gasteiger partial charge in [0.15, 0.2) is 0 Å². The zero-order chi connectivity index (χ0) is 20.2. The first-order valence-corrected chi connectivity index (χ1v) is 10.6. The van der Waals surface area contributed by atoms with E-state index < -0.39 is 0 Å². The predicted molar refractivity (Wildman–Crippen MR) is 119 cm³/mol. The van der Waals surface area contributed by atoms with E-state index in [1.807, 2.05) is 18.2 Å². The van der Waals surface area contributed by atoms with Crippen LogP contribution in [0.4, 0.5) is 11.4 Å². The van der Waals surface area contributed by atoms with Crippen LogP contribution in [-0.4, -0.2) is 47.5 Å². The SMILES string of the molecule is Cc1cc(NC(=O)C=Cc2cccnc2)ccc1N1CCC(N2CCCC2C)C1. The highest BCUT2D eigenvalue weighted by Gasteiger charge is 2.33. The summed E-state index contributed by atoms with van der Waals surface area (Å²) < 4.78 is 0. The van der Waals surface area contributed by atoms with E-state index in [9.17, 15) is 4.79 Å². The molecule has 0 saturated carbocycles. The van der Waals surface area contributed by atoms with Crippen LogP contribution >= 0.6 is 0 Å². The number of rotatable bonds is 5. The van der Waals surface area contributed by atoms with Gasteiger partial charge in [-0.15, -0.1) is 0 Å². The molecule has 1 amide bonds. The Morgan fingerprint density at radius 1 is 1.24 bits per heavy atom. The van der Waals surface area contributed by atoms with Crippen LogP contribution in [0, 0.1) is 6.92 Å². The van der Waals surface area contributed by atoms with Crippen molar-refractivity contribution in [2.45, 2.75) is 45.2 Å². The summed E-state index contributed by atoms with van der Waals surface area (Å²) in [4.78, 5) is 21.5. The summed E-state index contributed by atoms with van der Waals surface area (Å²) in [5, 5.41) is 2.96. The summed E-state index contributed by atoms with van der Waals surface area (Å²) in [5.41, 5.74) is 4.22. The summed E-state index contributed by atoms with van der Waals surface area (Å²) >= 11 is 0. The van der Waals surface area contributed by atoms with Crippen LogP contribution < -0.4 is 10.2 Å². The maximum absolute atomic E-state index is 12.2. The van der Waals surface area contributed by atoms with E-state index in [1.165, 1.54) is 37.1 Å². The van der Waals surface area contributed by atoms with Gasteiger partial charge in [0.05, 0.1) is 0 Å². The molecule has 2 aliphatic heterocycles. The lowest BCUT2D eigenvalue weighted by molar-refractivity contribution is -0.111. The summed E-state index contributed by atoms with van der Waals surface area (Å²) in [7, 11) is 0. The number of pyridine rings is 1. The number of nitrogens with one attached hydrogen (secondary N) is 1. The second-order valence-corrected chi connectivity index (χ2v) is 8.23. The fourth-order valence-corrected chi connectivity index (χ4v) is 4.65. The predicted octanol–water partition coefficient (Wildman–Crippen LogP) is 4.10. The summed E-state index contributed by atoms with van der Waals surface area (Å²) in [6.45, 7) is 7.94. The normalized spacial score (nSPS) is 22.5. The molecule has 0 aliphatic carbocycles. The Labute approximate surface area is 173 Å². The summed E-state index contributed by atoms with van der Waals surface area (Å²) in [6.07, 6.45) is 10.7. The lowest BCUT2D eigenvalue weighted by Gasteiger charge is -2.29. The van der Waals surface area contributed by atoms with Crippen LogP contribution in [0.5, 0.6) is 0 Å². The van der Waals surface area contributed by atoms with E-state index in [4.69, 9.17) is 0 Å². The van der Waals surface area contributed by atoms with Gasteiger partial charge in [0.25, 0.3) is 0 Å². The summed E-state index contributed by atoms with van der Waals surface area (Å²) in [6, 6.07) is 11.4. The Kier molecular flexibility index (Phi) is 5.95. The number of carbonyl (C=O) groups excluding carboxylic acids is 1. The fourth-order valence-electron chi connectivity index (χ4n) is 4.65. The number of benzene rings is 1.